The van der Waals surface area contributed by atoms with Crippen LogP contribution in [0.5, 0.6) is 0 Å². The first kappa shape index (κ1) is 13.9. The third-order valence-electron chi connectivity index (χ3n) is 2.73. The standard InChI is InChI=1S/C9H20N2O4S/c1-14-9(15-2)8-10-4-6-11(7-5-10)16(3,12)13/h9H,4-8H2,1-3H3. The van der Waals surface area contributed by atoms with E-state index in [1.807, 2.05) is 0 Å². The van der Waals surface area contributed by atoms with E-state index in [0.29, 0.717) is 19.6 Å². The maximum absolute atomic E-state index is 11.3. The molecule has 1 fully saturated rings. The van der Waals surface area contributed by atoms with Crippen LogP contribution in [0.2, 0.25) is 0 Å². The van der Waals surface area contributed by atoms with E-state index in [9.17, 15) is 8.42 Å². The number of hydrogen-bond donors (Lipinski definition) is 0. The Morgan fingerprint density at radius 3 is 2.00 bits per heavy atom. The van der Waals surface area contributed by atoms with E-state index in [-0.39, 0.29) is 6.29 Å². The van der Waals surface area contributed by atoms with Crippen LogP contribution in [-0.2, 0) is 19.5 Å². The van der Waals surface area contributed by atoms with Crippen LogP contribution in [0.1, 0.15) is 0 Å². The molecule has 0 bridgehead atoms. The summed E-state index contributed by atoms with van der Waals surface area (Å²) in [5.74, 6) is 0. The first-order valence-corrected chi connectivity index (χ1v) is 7.05. The predicted octanol–water partition coefficient (Wildman–Crippen LogP) is -0.817. The number of rotatable bonds is 5. The maximum atomic E-state index is 11.3. The summed E-state index contributed by atoms with van der Waals surface area (Å²) in [6.45, 7) is 3.19. The molecule has 0 N–H and O–H groups in total. The Hall–Kier alpha value is -0.210. The van der Waals surface area contributed by atoms with Gasteiger partial charge in [0, 0.05) is 46.9 Å². The van der Waals surface area contributed by atoms with Crippen LogP contribution in [0, 0.1) is 0 Å². The van der Waals surface area contributed by atoms with Crippen molar-refractivity contribution in [3.05, 3.63) is 0 Å². The molecule has 7 heteroatoms. The zero-order valence-electron chi connectivity index (χ0n) is 10.0. The molecule has 0 aliphatic carbocycles. The van der Waals surface area contributed by atoms with E-state index < -0.39 is 10.0 Å². The third kappa shape index (κ3) is 3.99. The Kier molecular flexibility index (Phi) is 5.13. The van der Waals surface area contributed by atoms with Crippen LogP contribution in [0.4, 0.5) is 0 Å². The van der Waals surface area contributed by atoms with Gasteiger partial charge in [0.2, 0.25) is 10.0 Å². The first-order chi connectivity index (χ1) is 7.47. The molecule has 0 aromatic carbocycles. The molecule has 16 heavy (non-hydrogen) atoms. The minimum absolute atomic E-state index is 0.246. The van der Waals surface area contributed by atoms with Crippen molar-refractivity contribution < 1.29 is 17.9 Å². The summed E-state index contributed by atoms with van der Waals surface area (Å²) in [4.78, 5) is 2.14. The summed E-state index contributed by atoms with van der Waals surface area (Å²) in [6.07, 6.45) is 1.00. The first-order valence-electron chi connectivity index (χ1n) is 5.20. The van der Waals surface area contributed by atoms with Crippen LogP contribution in [0.25, 0.3) is 0 Å². The second-order valence-electron chi connectivity index (χ2n) is 3.86. The van der Waals surface area contributed by atoms with Gasteiger partial charge < -0.3 is 9.47 Å². The fourth-order valence-electron chi connectivity index (χ4n) is 1.70. The number of sulfonamides is 1. The van der Waals surface area contributed by atoms with E-state index in [0.717, 1.165) is 13.1 Å². The summed E-state index contributed by atoms with van der Waals surface area (Å²) < 4.78 is 34.3. The fraction of sp³-hybridized carbons (Fsp3) is 1.00. The average molecular weight is 252 g/mol. The van der Waals surface area contributed by atoms with Gasteiger partial charge in [0.1, 0.15) is 0 Å². The van der Waals surface area contributed by atoms with Crippen molar-refractivity contribution in [3.63, 3.8) is 0 Å². The van der Waals surface area contributed by atoms with E-state index in [1.54, 1.807) is 14.2 Å². The molecule has 0 aromatic rings. The molecule has 1 aliphatic heterocycles. The van der Waals surface area contributed by atoms with Gasteiger partial charge in [-0.05, 0) is 0 Å². The van der Waals surface area contributed by atoms with Crippen LogP contribution >= 0.6 is 0 Å². The monoisotopic (exact) mass is 252 g/mol. The van der Waals surface area contributed by atoms with Gasteiger partial charge in [-0.2, -0.15) is 4.31 Å². The van der Waals surface area contributed by atoms with Gasteiger partial charge in [-0.1, -0.05) is 0 Å². The minimum atomic E-state index is -3.04. The van der Waals surface area contributed by atoms with Crippen molar-refractivity contribution in [3.8, 4) is 0 Å². The van der Waals surface area contributed by atoms with E-state index in [2.05, 4.69) is 4.90 Å². The highest BCUT2D eigenvalue weighted by molar-refractivity contribution is 7.88. The third-order valence-corrected chi connectivity index (χ3v) is 4.04. The van der Waals surface area contributed by atoms with Gasteiger partial charge in [0.25, 0.3) is 0 Å². The van der Waals surface area contributed by atoms with Crippen LogP contribution in [-0.4, -0.2) is 77.1 Å². The van der Waals surface area contributed by atoms with Gasteiger partial charge in [0.05, 0.1) is 6.26 Å². The quantitative estimate of drug-likeness (QED) is 0.599. The molecule has 0 amide bonds. The highest BCUT2D eigenvalue weighted by Gasteiger charge is 2.24. The van der Waals surface area contributed by atoms with Crippen molar-refractivity contribution in [2.45, 2.75) is 6.29 Å². The summed E-state index contributed by atoms with van der Waals surface area (Å²) in [6, 6.07) is 0. The van der Waals surface area contributed by atoms with Gasteiger partial charge in [-0.25, -0.2) is 8.42 Å². The normalized spacial score (nSPS) is 20.5. The van der Waals surface area contributed by atoms with Crippen molar-refractivity contribution in [2.75, 3.05) is 53.2 Å². The molecule has 96 valence electrons. The van der Waals surface area contributed by atoms with Crippen LogP contribution in [0.3, 0.4) is 0 Å². The van der Waals surface area contributed by atoms with Crippen molar-refractivity contribution >= 4 is 10.0 Å². The lowest BCUT2D eigenvalue weighted by atomic mass is 10.3. The topological polar surface area (TPSA) is 59.1 Å². The molecule has 0 atom stereocenters. The zero-order valence-corrected chi connectivity index (χ0v) is 10.9. The molecule has 0 unspecified atom stereocenters. The van der Waals surface area contributed by atoms with Gasteiger partial charge >= 0.3 is 0 Å². The van der Waals surface area contributed by atoms with E-state index in [1.165, 1.54) is 10.6 Å². The van der Waals surface area contributed by atoms with Gasteiger partial charge in [-0.3, -0.25) is 4.90 Å². The summed E-state index contributed by atoms with van der Waals surface area (Å²) >= 11 is 0. The summed E-state index contributed by atoms with van der Waals surface area (Å²) in [5, 5.41) is 0. The Bertz CT molecular complexity index is 295. The fourth-order valence-corrected chi connectivity index (χ4v) is 2.53. The van der Waals surface area contributed by atoms with Crippen molar-refractivity contribution in [2.24, 2.45) is 0 Å². The number of methoxy groups -OCH3 is 2. The molecular formula is C9H20N2O4S. The summed E-state index contributed by atoms with van der Waals surface area (Å²) in [7, 11) is 0.152. The van der Waals surface area contributed by atoms with Gasteiger partial charge in [-0.15, -0.1) is 0 Å². The number of piperazine rings is 1. The molecule has 0 saturated carbocycles. The highest BCUT2D eigenvalue weighted by atomic mass is 32.2. The van der Waals surface area contributed by atoms with E-state index >= 15 is 0 Å². The molecular weight excluding hydrogens is 232 g/mol. The smallest absolute Gasteiger partial charge is 0.211 e. The minimum Gasteiger partial charge on any atom is -0.355 e. The number of ether oxygens (including phenoxy) is 2. The second kappa shape index (κ2) is 5.92. The molecule has 1 heterocycles. The second-order valence-corrected chi connectivity index (χ2v) is 5.85. The number of nitrogens with zero attached hydrogens (tertiary/aromatic N) is 2. The van der Waals surface area contributed by atoms with Crippen LogP contribution < -0.4 is 0 Å². The SMILES string of the molecule is COC(CN1CCN(S(C)(=O)=O)CC1)OC. The Morgan fingerprint density at radius 2 is 1.62 bits per heavy atom. The Labute approximate surface area is 97.2 Å². The average Bonchev–Trinajstić information content (AvgIpc) is 2.25. The largest absolute Gasteiger partial charge is 0.355 e. The molecule has 0 aromatic heterocycles. The molecule has 1 rings (SSSR count). The molecule has 0 radical (unpaired) electrons. The molecule has 1 saturated heterocycles. The predicted molar refractivity (Wildman–Crippen MR) is 60.7 cm³/mol. The highest BCUT2D eigenvalue weighted by Crippen LogP contribution is 2.07. The Morgan fingerprint density at radius 1 is 1.12 bits per heavy atom. The lowest BCUT2D eigenvalue weighted by Gasteiger charge is -2.34. The maximum Gasteiger partial charge on any atom is 0.211 e. The molecule has 6 nitrogen and oxygen atoms in total. The van der Waals surface area contributed by atoms with E-state index in [4.69, 9.17) is 9.47 Å². The van der Waals surface area contributed by atoms with Gasteiger partial charge in [0.15, 0.2) is 6.29 Å². The summed E-state index contributed by atoms with van der Waals surface area (Å²) in [5.41, 5.74) is 0. The van der Waals surface area contributed by atoms with Crippen molar-refractivity contribution in [1.82, 2.24) is 9.21 Å². The molecule has 1 aliphatic rings. The molecule has 0 spiro atoms. The van der Waals surface area contributed by atoms with Crippen LogP contribution in [0.15, 0.2) is 0 Å². The zero-order chi connectivity index (χ0) is 12.2. The lowest BCUT2D eigenvalue weighted by molar-refractivity contribution is -0.118. The van der Waals surface area contributed by atoms with Crippen molar-refractivity contribution in [1.29, 1.82) is 0 Å². The lowest BCUT2D eigenvalue weighted by Crippen LogP contribution is -2.50. The Balaban J connectivity index is 2.38. The number of hydrogen-bond acceptors (Lipinski definition) is 5.